The quantitative estimate of drug-likeness (QED) is 0.902. The Balaban J connectivity index is 2.13. The zero-order chi connectivity index (χ0) is 14.0. The highest BCUT2D eigenvalue weighted by atomic mass is 35.5. The number of aromatic nitrogens is 1. The van der Waals surface area contributed by atoms with E-state index in [1.807, 2.05) is 29.1 Å². The summed E-state index contributed by atoms with van der Waals surface area (Å²) in [6, 6.07) is 6.91. The largest absolute Gasteiger partial charge is 0.350 e. The van der Waals surface area contributed by atoms with E-state index in [4.69, 9.17) is 17.3 Å². The molecule has 0 aliphatic heterocycles. The number of benzene rings is 1. The van der Waals surface area contributed by atoms with Crippen molar-refractivity contribution in [3.05, 3.63) is 58.6 Å². The zero-order valence-electron chi connectivity index (χ0n) is 11.1. The average Bonchev–Trinajstić information content (AvgIpc) is 2.81. The second kappa shape index (κ2) is 5.76. The minimum Gasteiger partial charge on any atom is -0.350 e. The van der Waals surface area contributed by atoms with Gasteiger partial charge < -0.3 is 10.3 Å². The standard InChI is InChI=1S/C15H18ClFN2/c1-10(2)15(18)12-5-6-19(9-12)8-11-3-4-13(16)14(17)7-11/h3-7,9-10,15H,8,18H2,1-2H3. The SMILES string of the molecule is CC(C)C(N)c1ccn(Cc2ccc(Cl)c(F)c2)c1. The smallest absolute Gasteiger partial charge is 0.142 e. The minimum atomic E-state index is -0.384. The van der Waals surface area contributed by atoms with Gasteiger partial charge in [0.2, 0.25) is 0 Å². The first-order valence-electron chi connectivity index (χ1n) is 6.32. The third-order valence-corrected chi connectivity index (χ3v) is 3.53. The van der Waals surface area contributed by atoms with E-state index in [1.165, 1.54) is 6.07 Å². The van der Waals surface area contributed by atoms with Gasteiger partial charge in [-0.05, 0) is 35.2 Å². The van der Waals surface area contributed by atoms with Crippen molar-refractivity contribution in [2.24, 2.45) is 11.7 Å². The summed E-state index contributed by atoms with van der Waals surface area (Å²) < 4.78 is 15.4. The molecular weight excluding hydrogens is 263 g/mol. The van der Waals surface area contributed by atoms with Crippen LogP contribution in [0.5, 0.6) is 0 Å². The number of hydrogen-bond donors (Lipinski definition) is 1. The van der Waals surface area contributed by atoms with E-state index in [0.29, 0.717) is 12.5 Å². The summed E-state index contributed by atoms with van der Waals surface area (Å²) in [5.74, 6) is 0.00857. The van der Waals surface area contributed by atoms with E-state index in [0.717, 1.165) is 11.1 Å². The molecule has 2 N–H and O–H groups in total. The number of halogens is 2. The van der Waals surface area contributed by atoms with Crippen molar-refractivity contribution in [2.75, 3.05) is 0 Å². The third kappa shape index (κ3) is 3.37. The van der Waals surface area contributed by atoms with E-state index in [9.17, 15) is 4.39 Å². The lowest BCUT2D eigenvalue weighted by atomic mass is 10.00. The Morgan fingerprint density at radius 2 is 2.05 bits per heavy atom. The van der Waals surface area contributed by atoms with Crippen LogP contribution >= 0.6 is 11.6 Å². The van der Waals surface area contributed by atoms with Crippen LogP contribution in [0.25, 0.3) is 0 Å². The van der Waals surface area contributed by atoms with Crippen LogP contribution in [0, 0.1) is 11.7 Å². The molecule has 1 unspecified atom stereocenters. The second-order valence-electron chi connectivity index (χ2n) is 5.14. The Labute approximate surface area is 118 Å². The van der Waals surface area contributed by atoms with E-state index in [1.54, 1.807) is 6.07 Å². The Hall–Kier alpha value is -1.32. The van der Waals surface area contributed by atoms with Crippen LogP contribution < -0.4 is 5.73 Å². The maximum Gasteiger partial charge on any atom is 0.142 e. The van der Waals surface area contributed by atoms with E-state index in [-0.39, 0.29) is 16.9 Å². The molecule has 0 aliphatic rings. The van der Waals surface area contributed by atoms with Gasteiger partial charge >= 0.3 is 0 Å². The predicted octanol–water partition coefficient (Wildman–Crippen LogP) is 3.98. The predicted molar refractivity (Wildman–Crippen MR) is 76.7 cm³/mol. The Morgan fingerprint density at radius 1 is 1.32 bits per heavy atom. The molecule has 2 nitrogen and oxygen atoms in total. The van der Waals surface area contributed by atoms with Gasteiger partial charge in [0.05, 0.1) is 5.02 Å². The average molecular weight is 281 g/mol. The molecule has 0 amide bonds. The van der Waals surface area contributed by atoms with Gasteiger partial charge in [0.25, 0.3) is 0 Å². The first kappa shape index (κ1) is 14.1. The van der Waals surface area contributed by atoms with Crippen LogP contribution in [0.15, 0.2) is 36.7 Å². The van der Waals surface area contributed by atoms with Crippen molar-refractivity contribution >= 4 is 11.6 Å². The van der Waals surface area contributed by atoms with Crippen LogP contribution in [-0.2, 0) is 6.54 Å². The molecule has 0 fully saturated rings. The molecule has 1 aromatic carbocycles. The molecule has 19 heavy (non-hydrogen) atoms. The minimum absolute atomic E-state index is 0.0307. The van der Waals surface area contributed by atoms with E-state index in [2.05, 4.69) is 13.8 Å². The van der Waals surface area contributed by atoms with Crippen LogP contribution in [0.1, 0.15) is 31.0 Å². The Kier molecular flexibility index (Phi) is 4.27. The number of nitrogens with two attached hydrogens (primary N) is 1. The molecular formula is C15H18ClFN2. The van der Waals surface area contributed by atoms with Crippen molar-refractivity contribution in [1.82, 2.24) is 4.57 Å². The first-order valence-corrected chi connectivity index (χ1v) is 6.70. The van der Waals surface area contributed by atoms with Crippen LogP contribution in [0.2, 0.25) is 5.02 Å². The summed E-state index contributed by atoms with van der Waals surface area (Å²) in [7, 11) is 0. The summed E-state index contributed by atoms with van der Waals surface area (Å²) in [4.78, 5) is 0. The lowest BCUT2D eigenvalue weighted by Gasteiger charge is -2.13. The van der Waals surface area contributed by atoms with E-state index >= 15 is 0 Å². The van der Waals surface area contributed by atoms with Gasteiger partial charge in [0, 0.05) is 25.0 Å². The van der Waals surface area contributed by atoms with E-state index < -0.39 is 0 Å². The summed E-state index contributed by atoms with van der Waals surface area (Å²) in [5.41, 5.74) is 8.08. The zero-order valence-corrected chi connectivity index (χ0v) is 11.9. The third-order valence-electron chi connectivity index (χ3n) is 3.23. The molecule has 1 atom stereocenters. The van der Waals surface area contributed by atoms with Crippen molar-refractivity contribution in [3.8, 4) is 0 Å². The van der Waals surface area contributed by atoms with Crippen LogP contribution in [0.4, 0.5) is 4.39 Å². The highest BCUT2D eigenvalue weighted by Crippen LogP contribution is 2.20. The number of nitrogens with zero attached hydrogens (tertiary/aromatic N) is 1. The van der Waals surface area contributed by atoms with Gasteiger partial charge in [-0.25, -0.2) is 4.39 Å². The monoisotopic (exact) mass is 280 g/mol. The molecule has 0 saturated heterocycles. The van der Waals surface area contributed by atoms with Gasteiger partial charge in [0.15, 0.2) is 0 Å². The highest BCUT2D eigenvalue weighted by Gasteiger charge is 2.11. The van der Waals surface area contributed by atoms with Gasteiger partial charge in [-0.1, -0.05) is 31.5 Å². The molecule has 1 heterocycles. The molecule has 0 bridgehead atoms. The van der Waals surface area contributed by atoms with Gasteiger partial charge in [-0.3, -0.25) is 0 Å². The lowest BCUT2D eigenvalue weighted by Crippen LogP contribution is -2.15. The Bertz CT molecular complexity index is 563. The first-order chi connectivity index (χ1) is 8.97. The molecule has 4 heteroatoms. The fraction of sp³-hybridized carbons (Fsp3) is 0.333. The molecule has 2 rings (SSSR count). The van der Waals surface area contributed by atoms with Crippen molar-refractivity contribution < 1.29 is 4.39 Å². The normalized spacial score (nSPS) is 12.9. The summed E-state index contributed by atoms with van der Waals surface area (Å²) in [5, 5.41) is 0.152. The fourth-order valence-electron chi connectivity index (χ4n) is 1.99. The topological polar surface area (TPSA) is 30.9 Å². The molecule has 0 spiro atoms. The molecule has 2 aromatic rings. The number of hydrogen-bond acceptors (Lipinski definition) is 1. The molecule has 1 aromatic heterocycles. The Morgan fingerprint density at radius 3 is 2.68 bits per heavy atom. The van der Waals surface area contributed by atoms with Gasteiger partial charge in [-0.2, -0.15) is 0 Å². The molecule has 102 valence electrons. The lowest BCUT2D eigenvalue weighted by molar-refractivity contribution is 0.513. The van der Waals surface area contributed by atoms with Crippen LogP contribution in [0.3, 0.4) is 0 Å². The van der Waals surface area contributed by atoms with Gasteiger partial charge in [-0.15, -0.1) is 0 Å². The molecule has 0 radical (unpaired) electrons. The summed E-state index contributed by atoms with van der Waals surface area (Å²) in [6.45, 7) is 4.80. The molecule has 0 aliphatic carbocycles. The maximum absolute atomic E-state index is 13.4. The van der Waals surface area contributed by atoms with Gasteiger partial charge in [0.1, 0.15) is 5.82 Å². The van der Waals surface area contributed by atoms with Crippen molar-refractivity contribution in [2.45, 2.75) is 26.4 Å². The summed E-state index contributed by atoms with van der Waals surface area (Å²) >= 11 is 5.67. The molecule has 0 saturated carbocycles. The van der Waals surface area contributed by atoms with Crippen LogP contribution in [-0.4, -0.2) is 4.57 Å². The fourth-order valence-corrected chi connectivity index (χ4v) is 2.11. The highest BCUT2D eigenvalue weighted by molar-refractivity contribution is 6.30. The number of rotatable bonds is 4. The summed E-state index contributed by atoms with van der Waals surface area (Å²) in [6.07, 6.45) is 3.97. The van der Waals surface area contributed by atoms with Crippen molar-refractivity contribution in [3.63, 3.8) is 0 Å². The maximum atomic E-state index is 13.4. The second-order valence-corrected chi connectivity index (χ2v) is 5.54. The van der Waals surface area contributed by atoms with Crippen molar-refractivity contribution in [1.29, 1.82) is 0 Å².